The van der Waals surface area contributed by atoms with Crippen LogP contribution in [0.4, 0.5) is 0 Å². The molecule has 0 radical (unpaired) electrons. The summed E-state index contributed by atoms with van der Waals surface area (Å²) in [5, 5.41) is 10.4. The Balaban J connectivity index is 1.31. The van der Waals surface area contributed by atoms with Crippen LogP contribution in [0, 0.1) is 52.3 Å². The van der Waals surface area contributed by atoms with Crippen LogP contribution in [0.25, 0.3) is 0 Å². The van der Waals surface area contributed by atoms with Gasteiger partial charge in [-0.25, -0.2) is 0 Å². The Hall–Kier alpha value is -0.0800. The van der Waals surface area contributed by atoms with Gasteiger partial charge in [0.2, 0.25) is 0 Å². The Morgan fingerprint density at radius 2 is 1.74 bits per heavy atom. The molecule has 4 saturated carbocycles. The number of rotatable bonds is 6. The van der Waals surface area contributed by atoms with Gasteiger partial charge < -0.3 is 9.84 Å². The molecule has 1 spiro atoms. The predicted octanol–water partition coefficient (Wildman–Crippen LogP) is 7.24. The third-order valence-corrected chi connectivity index (χ3v) is 12.3. The zero-order chi connectivity index (χ0) is 22.2. The first-order chi connectivity index (χ1) is 14.7. The molecule has 1 N–H and O–H groups in total. The smallest absolute Gasteiger partial charge is 0.103 e. The third-order valence-electron chi connectivity index (χ3n) is 12.3. The van der Waals surface area contributed by atoms with E-state index in [0.29, 0.717) is 16.9 Å². The lowest BCUT2D eigenvalue weighted by molar-refractivity contribution is -0.116. The minimum atomic E-state index is -0.127. The van der Waals surface area contributed by atoms with Crippen molar-refractivity contribution in [3.8, 4) is 0 Å². The van der Waals surface area contributed by atoms with Gasteiger partial charge >= 0.3 is 0 Å². The van der Waals surface area contributed by atoms with Crippen LogP contribution >= 0.6 is 0 Å². The zero-order valence-corrected chi connectivity index (χ0v) is 21.3. The normalized spacial score (nSPS) is 52.6. The molecule has 2 nitrogen and oxygen atoms in total. The Kier molecular flexibility index (Phi) is 5.66. The van der Waals surface area contributed by atoms with Gasteiger partial charge in [-0.1, -0.05) is 54.4 Å². The Labute approximate surface area is 192 Å². The molecule has 0 aromatic heterocycles. The molecule has 2 heteroatoms. The van der Waals surface area contributed by atoms with Gasteiger partial charge in [-0.05, 0) is 98.2 Å². The molecule has 4 unspecified atom stereocenters. The van der Waals surface area contributed by atoms with Crippen LogP contribution in [0.2, 0.25) is 0 Å². The molecule has 0 aromatic carbocycles. The van der Waals surface area contributed by atoms with Crippen molar-refractivity contribution in [3.05, 3.63) is 0 Å². The molecule has 5 aliphatic rings. The average molecular weight is 431 g/mol. The van der Waals surface area contributed by atoms with Crippen LogP contribution in [0.3, 0.4) is 0 Å². The minimum Gasteiger partial charge on any atom is -0.393 e. The summed E-state index contributed by atoms with van der Waals surface area (Å²) >= 11 is 0. The average Bonchev–Trinajstić information content (AvgIpc) is 3.29. The lowest BCUT2D eigenvalue weighted by Gasteiger charge is -2.59. The second kappa shape index (κ2) is 7.72. The summed E-state index contributed by atoms with van der Waals surface area (Å²) in [5.41, 5.74) is 0.910. The van der Waals surface area contributed by atoms with Gasteiger partial charge in [0.05, 0.1) is 12.2 Å². The highest BCUT2D eigenvalue weighted by atomic mass is 16.6. The second-order valence-corrected chi connectivity index (χ2v) is 13.6. The van der Waals surface area contributed by atoms with E-state index < -0.39 is 0 Å². The fourth-order valence-electron chi connectivity index (χ4n) is 10.3. The van der Waals surface area contributed by atoms with Crippen molar-refractivity contribution < 1.29 is 9.84 Å². The fourth-order valence-corrected chi connectivity index (χ4v) is 10.3. The first kappa shape index (κ1) is 22.7. The molecule has 11 atom stereocenters. The van der Waals surface area contributed by atoms with Crippen LogP contribution in [0.15, 0.2) is 0 Å². The Morgan fingerprint density at radius 3 is 2.45 bits per heavy atom. The zero-order valence-electron chi connectivity index (χ0n) is 21.3. The lowest BCUT2D eigenvalue weighted by atomic mass is 9.44. The van der Waals surface area contributed by atoms with E-state index in [4.69, 9.17) is 4.74 Å². The molecular weight excluding hydrogens is 380 g/mol. The van der Waals surface area contributed by atoms with Crippen LogP contribution in [-0.4, -0.2) is 22.9 Å². The summed E-state index contributed by atoms with van der Waals surface area (Å²) in [6.07, 6.45) is 14.7. The van der Waals surface area contributed by atoms with E-state index in [-0.39, 0.29) is 11.7 Å². The highest BCUT2D eigenvalue weighted by Gasteiger charge is 2.76. The highest BCUT2D eigenvalue weighted by Crippen LogP contribution is 2.74. The molecule has 178 valence electrons. The number of ether oxygens (including phenoxy) is 1. The molecule has 1 aliphatic heterocycles. The molecule has 5 rings (SSSR count). The molecule has 31 heavy (non-hydrogen) atoms. The number of hydrogen-bond acceptors (Lipinski definition) is 2. The van der Waals surface area contributed by atoms with Gasteiger partial charge in [-0.3, -0.25) is 0 Å². The maximum atomic E-state index is 10.4. The van der Waals surface area contributed by atoms with Crippen molar-refractivity contribution in [2.45, 2.75) is 130 Å². The number of aliphatic hydroxyl groups excluding tert-OH is 1. The number of aliphatic hydroxyl groups is 1. The molecule has 0 bridgehead atoms. The number of fused-ring (bicyclic) bond motifs is 4. The van der Waals surface area contributed by atoms with E-state index in [2.05, 4.69) is 41.5 Å². The van der Waals surface area contributed by atoms with E-state index >= 15 is 0 Å². The van der Waals surface area contributed by atoms with Gasteiger partial charge in [-0.15, -0.1) is 0 Å². The van der Waals surface area contributed by atoms with Crippen LogP contribution in [0.1, 0.15) is 112 Å². The molecular formula is C29H50O2. The third kappa shape index (κ3) is 3.23. The maximum Gasteiger partial charge on any atom is 0.103 e. The van der Waals surface area contributed by atoms with Gasteiger partial charge in [0, 0.05) is 11.8 Å². The number of hydrogen-bond donors (Lipinski definition) is 1. The summed E-state index contributed by atoms with van der Waals surface area (Å²) in [5.74, 6) is 6.15. The topological polar surface area (TPSA) is 32.8 Å². The van der Waals surface area contributed by atoms with Crippen molar-refractivity contribution in [2.24, 2.45) is 52.3 Å². The summed E-state index contributed by atoms with van der Waals surface area (Å²) in [6.45, 7) is 15.1. The molecule has 1 heterocycles. The predicted molar refractivity (Wildman–Crippen MR) is 128 cm³/mol. The van der Waals surface area contributed by atoms with Crippen LogP contribution in [-0.2, 0) is 4.74 Å². The maximum absolute atomic E-state index is 10.4. The van der Waals surface area contributed by atoms with Crippen LogP contribution < -0.4 is 0 Å². The first-order valence-corrected chi connectivity index (χ1v) is 14.0. The molecule has 0 aromatic rings. The SMILES string of the molecule is CC[C@H](CC[C@@H](C)C1CCC2C3C[C@H]4O[C@]45C[C@@H](O)CC[C@]5(C)C3CC[C@@]21C)C(C)C. The molecule has 1 saturated heterocycles. The van der Waals surface area contributed by atoms with Crippen molar-refractivity contribution >= 4 is 0 Å². The van der Waals surface area contributed by atoms with Crippen molar-refractivity contribution in [3.63, 3.8) is 0 Å². The Bertz CT molecular complexity index is 674. The molecule has 5 fully saturated rings. The first-order valence-electron chi connectivity index (χ1n) is 14.0. The van der Waals surface area contributed by atoms with Crippen molar-refractivity contribution in [2.75, 3.05) is 0 Å². The van der Waals surface area contributed by atoms with E-state index in [9.17, 15) is 5.11 Å². The van der Waals surface area contributed by atoms with E-state index in [1.807, 2.05) is 0 Å². The minimum absolute atomic E-state index is 0.0386. The summed E-state index contributed by atoms with van der Waals surface area (Å²) in [7, 11) is 0. The van der Waals surface area contributed by atoms with Gasteiger partial charge in [0.25, 0.3) is 0 Å². The molecule has 0 amide bonds. The lowest BCUT2D eigenvalue weighted by Crippen LogP contribution is -2.58. The monoisotopic (exact) mass is 430 g/mol. The van der Waals surface area contributed by atoms with Gasteiger partial charge in [0.15, 0.2) is 0 Å². The number of epoxide rings is 1. The van der Waals surface area contributed by atoms with E-state index in [1.165, 1.54) is 57.8 Å². The Morgan fingerprint density at radius 1 is 0.968 bits per heavy atom. The quantitative estimate of drug-likeness (QED) is 0.451. The van der Waals surface area contributed by atoms with Crippen molar-refractivity contribution in [1.29, 1.82) is 0 Å². The summed E-state index contributed by atoms with van der Waals surface area (Å²) in [6, 6.07) is 0. The fraction of sp³-hybridized carbons (Fsp3) is 1.00. The van der Waals surface area contributed by atoms with E-state index in [1.54, 1.807) is 0 Å². The van der Waals surface area contributed by atoms with E-state index in [0.717, 1.165) is 54.3 Å². The van der Waals surface area contributed by atoms with Crippen LogP contribution in [0.5, 0.6) is 0 Å². The highest BCUT2D eigenvalue weighted by molar-refractivity contribution is 5.24. The summed E-state index contributed by atoms with van der Waals surface area (Å²) < 4.78 is 6.53. The molecule has 4 aliphatic carbocycles. The second-order valence-electron chi connectivity index (χ2n) is 13.6. The largest absolute Gasteiger partial charge is 0.393 e. The van der Waals surface area contributed by atoms with Gasteiger partial charge in [-0.2, -0.15) is 0 Å². The standard InChI is InChI=1S/C29H50O2/c1-7-20(18(2)3)9-8-19(4)23-10-11-24-22-16-26-29(31-26)17-21(30)12-15-28(29,6)25(22)13-14-27(23,24)5/h18-26,30H,7-17H2,1-6H3/t19-,20-,21+,22?,23?,24?,25?,26-,27-,28-,29-/m1/s1. The summed E-state index contributed by atoms with van der Waals surface area (Å²) in [4.78, 5) is 0. The van der Waals surface area contributed by atoms with Crippen molar-refractivity contribution in [1.82, 2.24) is 0 Å². The van der Waals surface area contributed by atoms with Gasteiger partial charge in [0.1, 0.15) is 5.60 Å².